The minimum atomic E-state index is -0.133. The second kappa shape index (κ2) is 8.10. The Balaban J connectivity index is 1.27. The van der Waals surface area contributed by atoms with Crippen LogP contribution in [-0.4, -0.2) is 41.8 Å². The Labute approximate surface area is 178 Å². The predicted molar refractivity (Wildman–Crippen MR) is 118 cm³/mol. The highest BCUT2D eigenvalue weighted by atomic mass is 16.1. The molecule has 156 valence electrons. The zero-order valence-electron chi connectivity index (χ0n) is 17.1. The average Bonchev–Trinajstić information content (AvgIpc) is 3.23. The largest absolute Gasteiger partial charge is 0.367 e. The van der Waals surface area contributed by atoms with Gasteiger partial charge in [0.2, 0.25) is 5.95 Å². The van der Waals surface area contributed by atoms with Crippen molar-refractivity contribution in [3.05, 3.63) is 71.0 Å². The third kappa shape index (κ3) is 4.07. The van der Waals surface area contributed by atoms with E-state index < -0.39 is 0 Å². The van der Waals surface area contributed by atoms with Crippen molar-refractivity contribution < 1.29 is 0 Å². The Morgan fingerprint density at radius 1 is 0.935 bits per heavy atom. The normalized spacial score (nSPS) is 18.2. The number of nitrogens with zero attached hydrogens (tertiary/aromatic N) is 6. The van der Waals surface area contributed by atoms with Crippen LogP contribution in [0.2, 0.25) is 0 Å². The number of anilines is 2. The van der Waals surface area contributed by atoms with Gasteiger partial charge in [0.05, 0.1) is 23.8 Å². The van der Waals surface area contributed by atoms with Crippen LogP contribution in [0.1, 0.15) is 25.0 Å². The summed E-state index contributed by atoms with van der Waals surface area (Å²) in [5.41, 5.74) is 1.98. The van der Waals surface area contributed by atoms with Crippen LogP contribution in [-0.2, 0) is 0 Å². The summed E-state index contributed by atoms with van der Waals surface area (Å²) in [6.07, 6.45) is 8.07. The lowest BCUT2D eigenvalue weighted by Gasteiger charge is -2.15. The fraction of sp³-hybridized carbons (Fsp3) is 0.273. The van der Waals surface area contributed by atoms with Gasteiger partial charge >= 0.3 is 0 Å². The molecule has 0 saturated heterocycles. The maximum absolute atomic E-state index is 12.5. The third-order valence-corrected chi connectivity index (χ3v) is 5.45. The van der Waals surface area contributed by atoms with Gasteiger partial charge in [0, 0.05) is 29.7 Å². The van der Waals surface area contributed by atoms with Crippen molar-refractivity contribution in [1.29, 1.82) is 0 Å². The van der Waals surface area contributed by atoms with Gasteiger partial charge in [-0.05, 0) is 56.5 Å². The molecular weight excluding hydrogens is 392 g/mol. The van der Waals surface area contributed by atoms with Crippen LogP contribution in [0.15, 0.2) is 59.8 Å². The van der Waals surface area contributed by atoms with Gasteiger partial charge < -0.3 is 10.6 Å². The molecule has 1 fully saturated rings. The highest BCUT2D eigenvalue weighted by Gasteiger charge is 2.25. The average molecular weight is 414 g/mol. The molecule has 2 N–H and O–H groups in total. The van der Waals surface area contributed by atoms with Gasteiger partial charge in [-0.15, -0.1) is 5.10 Å². The van der Waals surface area contributed by atoms with Crippen LogP contribution in [0.5, 0.6) is 0 Å². The van der Waals surface area contributed by atoms with E-state index in [0.29, 0.717) is 29.4 Å². The summed E-state index contributed by atoms with van der Waals surface area (Å²) in [5.74, 6) is 1.34. The van der Waals surface area contributed by atoms with Crippen molar-refractivity contribution in [1.82, 2.24) is 29.7 Å². The van der Waals surface area contributed by atoms with E-state index in [0.717, 1.165) is 36.2 Å². The fourth-order valence-corrected chi connectivity index (χ4v) is 3.95. The number of hydrogen-bond acceptors (Lipinski definition) is 8. The fourth-order valence-electron chi connectivity index (χ4n) is 3.95. The van der Waals surface area contributed by atoms with Gasteiger partial charge in [0.25, 0.3) is 5.56 Å². The predicted octanol–water partition coefficient (Wildman–Crippen LogP) is 2.72. The van der Waals surface area contributed by atoms with Gasteiger partial charge in [-0.3, -0.25) is 9.36 Å². The summed E-state index contributed by atoms with van der Waals surface area (Å²) in [4.78, 5) is 25.6. The molecule has 0 bridgehead atoms. The molecule has 0 radical (unpaired) electrons. The molecule has 0 unspecified atom stereocenters. The highest BCUT2D eigenvalue weighted by molar-refractivity contribution is 5.76. The lowest BCUT2D eigenvalue weighted by molar-refractivity contribution is 0.712. The molecular formula is C22H22N8O. The van der Waals surface area contributed by atoms with E-state index >= 15 is 0 Å². The summed E-state index contributed by atoms with van der Waals surface area (Å²) < 4.78 is 1.58. The number of hydrogen-bond donors (Lipinski definition) is 2. The number of rotatable bonds is 5. The molecule has 4 aromatic rings. The Kier molecular flexibility index (Phi) is 4.99. The van der Waals surface area contributed by atoms with Crippen molar-refractivity contribution in [2.75, 3.05) is 10.6 Å². The maximum atomic E-state index is 12.5. The molecule has 2 atom stereocenters. The van der Waals surface area contributed by atoms with Crippen molar-refractivity contribution >= 4 is 22.8 Å². The molecule has 4 aromatic heterocycles. The maximum Gasteiger partial charge on any atom is 0.256 e. The topological polar surface area (TPSA) is 111 Å². The Morgan fingerprint density at radius 2 is 1.81 bits per heavy atom. The van der Waals surface area contributed by atoms with Crippen LogP contribution in [0.3, 0.4) is 0 Å². The van der Waals surface area contributed by atoms with E-state index in [2.05, 4.69) is 35.8 Å². The quantitative estimate of drug-likeness (QED) is 0.513. The first kappa shape index (κ1) is 19.1. The summed E-state index contributed by atoms with van der Waals surface area (Å²) in [7, 11) is 0. The van der Waals surface area contributed by atoms with Crippen LogP contribution < -0.4 is 16.2 Å². The van der Waals surface area contributed by atoms with Gasteiger partial charge in [0.1, 0.15) is 11.5 Å². The molecule has 1 aliphatic rings. The van der Waals surface area contributed by atoms with Crippen LogP contribution >= 0.6 is 0 Å². The molecule has 1 aliphatic carbocycles. The monoisotopic (exact) mass is 414 g/mol. The molecule has 0 amide bonds. The third-order valence-electron chi connectivity index (χ3n) is 5.45. The first-order valence-corrected chi connectivity index (χ1v) is 10.3. The Morgan fingerprint density at radius 3 is 2.58 bits per heavy atom. The van der Waals surface area contributed by atoms with E-state index in [9.17, 15) is 4.79 Å². The second-order valence-electron chi connectivity index (χ2n) is 7.74. The molecule has 0 aliphatic heterocycles. The molecule has 0 aromatic carbocycles. The van der Waals surface area contributed by atoms with Gasteiger partial charge in [-0.2, -0.15) is 5.10 Å². The molecule has 0 spiro atoms. The highest BCUT2D eigenvalue weighted by Crippen LogP contribution is 2.25. The summed E-state index contributed by atoms with van der Waals surface area (Å²) >= 11 is 0. The molecule has 9 heteroatoms. The Hall–Kier alpha value is -3.88. The van der Waals surface area contributed by atoms with Crippen LogP contribution in [0, 0.1) is 6.92 Å². The summed E-state index contributed by atoms with van der Waals surface area (Å²) in [5, 5.41) is 15.9. The summed E-state index contributed by atoms with van der Waals surface area (Å²) in [6.45, 7) is 1.87. The SMILES string of the molecule is Cc1cnc(N[C@H]2CC[C@H](Nc3ccc(-n4c(=O)ccc5cccnc54)cn3)C2)nn1. The number of fused-ring (bicyclic) bond motifs is 1. The van der Waals surface area contributed by atoms with Crippen molar-refractivity contribution in [3.8, 4) is 5.69 Å². The van der Waals surface area contributed by atoms with Crippen molar-refractivity contribution in [3.63, 3.8) is 0 Å². The van der Waals surface area contributed by atoms with Gasteiger partial charge in [-0.1, -0.05) is 0 Å². The minimum absolute atomic E-state index is 0.133. The zero-order valence-corrected chi connectivity index (χ0v) is 17.1. The van der Waals surface area contributed by atoms with E-state index in [4.69, 9.17) is 0 Å². The Bertz CT molecular complexity index is 1250. The van der Waals surface area contributed by atoms with Gasteiger partial charge in [0.15, 0.2) is 0 Å². The summed E-state index contributed by atoms with van der Waals surface area (Å²) in [6, 6.07) is 11.5. The lowest BCUT2D eigenvalue weighted by Crippen LogP contribution is -2.22. The van der Waals surface area contributed by atoms with Crippen molar-refractivity contribution in [2.45, 2.75) is 38.3 Å². The standard InChI is InChI=1S/C22H22N8O/c1-14-12-25-22(29-28-14)27-17-6-5-16(11-17)26-19-8-7-18(13-24-19)30-20(31)9-4-15-3-2-10-23-21(15)30/h2-4,7-10,12-13,16-17H,5-6,11H2,1H3,(H,24,26)(H,25,27,29)/t16-,17-/m0/s1. The van der Waals surface area contributed by atoms with Crippen LogP contribution in [0.25, 0.3) is 16.7 Å². The number of pyridine rings is 3. The molecule has 1 saturated carbocycles. The smallest absolute Gasteiger partial charge is 0.256 e. The molecule has 5 rings (SSSR count). The first-order valence-electron chi connectivity index (χ1n) is 10.3. The van der Waals surface area contributed by atoms with E-state index in [1.165, 1.54) is 0 Å². The number of aryl methyl sites for hydroxylation is 1. The number of aromatic nitrogens is 6. The van der Waals surface area contributed by atoms with Gasteiger partial charge in [-0.25, -0.2) is 15.0 Å². The van der Waals surface area contributed by atoms with E-state index in [1.54, 1.807) is 35.3 Å². The minimum Gasteiger partial charge on any atom is -0.367 e. The zero-order chi connectivity index (χ0) is 21.2. The lowest BCUT2D eigenvalue weighted by atomic mass is 10.2. The molecule has 4 heterocycles. The van der Waals surface area contributed by atoms with Crippen molar-refractivity contribution in [2.24, 2.45) is 0 Å². The van der Waals surface area contributed by atoms with E-state index in [1.807, 2.05) is 31.2 Å². The second-order valence-corrected chi connectivity index (χ2v) is 7.74. The van der Waals surface area contributed by atoms with Crippen LogP contribution in [0.4, 0.5) is 11.8 Å². The first-order chi connectivity index (χ1) is 15.2. The van der Waals surface area contributed by atoms with E-state index in [-0.39, 0.29) is 5.56 Å². The number of nitrogens with one attached hydrogen (secondary N) is 2. The molecule has 31 heavy (non-hydrogen) atoms. The molecule has 9 nitrogen and oxygen atoms in total.